The molecule has 2 aliphatic rings. The van der Waals surface area contributed by atoms with Crippen LogP contribution in [0.5, 0.6) is 0 Å². The zero-order valence-electron chi connectivity index (χ0n) is 7.55. The highest BCUT2D eigenvalue weighted by molar-refractivity contribution is 4.83. The van der Waals surface area contributed by atoms with Crippen molar-refractivity contribution < 1.29 is 0 Å². The maximum Gasteiger partial charge on any atom is 0.00978 e. The number of hydrogen-bond acceptors (Lipinski definition) is 1. The lowest BCUT2D eigenvalue weighted by Gasteiger charge is -2.22. The van der Waals surface area contributed by atoms with Gasteiger partial charge in [0.05, 0.1) is 0 Å². The monoisotopic (exact) mass is 153 g/mol. The predicted molar refractivity (Wildman–Crippen MR) is 47.6 cm³/mol. The molecule has 64 valence electrons. The number of hydrogen-bond donors (Lipinski definition) is 0. The molecule has 11 heavy (non-hydrogen) atoms. The van der Waals surface area contributed by atoms with Gasteiger partial charge in [0.25, 0.3) is 0 Å². The quantitative estimate of drug-likeness (QED) is 0.558. The van der Waals surface area contributed by atoms with Crippen molar-refractivity contribution in [2.75, 3.05) is 13.1 Å². The van der Waals surface area contributed by atoms with E-state index < -0.39 is 0 Å². The van der Waals surface area contributed by atoms with Gasteiger partial charge >= 0.3 is 0 Å². The second kappa shape index (κ2) is 3.14. The third kappa shape index (κ3) is 1.58. The second-order valence-electron chi connectivity index (χ2n) is 4.32. The van der Waals surface area contributed by atoms with Crippen molar-refractivity contribution >= 4 is 0 Å². The lowest BCUT2D eigenvalue weighted by Crippen LogP contribution is -2.30. The molecule has 0 spiro atoms. The minimum absolute atomic E-state index is 0.965. The Balaban J connectivity index is 1.85. The van der Waals surface area contributed by atoms with Gasteiger partial charge in [0, 0.05) is 6.04 Å². The van der Waals surface area contributed by atoms with Gasteiger partial charge in [-0.25, -0.2) is 0 Å². The molecule has 1 saturated heterocycles. The molecule has 1 aliphatic carbocycles. The van der Waals surface area contributed by atoms with Crippen LogP contribution in [0, 0.1) is 5.92 Å². The lowest BCUT2D eigenvalue weighted by atomic mass is 10.1. The van der Waals surface area contributed by atoms with Gasteiger partial charge in [-0.1, -0.05) is 6.92 Å². The molecule has 0 amide bonds. The van der Waals surface area contributed by atoms with E-state index in [2.05, 4.69) is 11.8 Å². The van der Waals surface area contributed by atoms with Crippen LogP contribution in [0.4, 0.5) is 0 Å². The molecule has 1 heterocycles. The van der Waals surface area contributed by atoms with Gasteiger partial charge in [-0.05, 0) is 51.1 Å². The fourth-order valence-corrected chi connectivity index (χ4v) is 2.62. The Morgan fingerprint density at radius 2 is 1.82 bits per heavy atom. The summed E-state index contributed by atoms with van der Waals surface area (Å²) in [6.07, 6.45) is 7.32. The zero-order valence-corrected chi connectivity index (χ0v) is 7.55. The van der Waals surface area contributed by atoms with E-state index in [0.29, 0.717) is 0 Å². The van der Waals surface area contributed by atoms with Crippen LogP contribution in [0.3, 0.4) is 0 Å². The molecule has 1 nitrogen and oxygen atoms in total. The van der Waals surface area contributed by atoms with Gasteiger partial charge in [0.15, 0.2) is 0 Å². The minimum atomic E-state index is 0.965. The summed E-state index contributed by atoms with van der Waals surface area (Å²) >= 11 is 0. The predicted octanol–water partition coefficient (Wildman–Crippen LogP) is 2.27. The number of nitrogens with zero attached hydrogens (tertiary/aromatic N) is 1. The Kier molecular flexibility index (Phi) is 2.17. The van der Waals surface area contributed by atoms with Crippen molar-refractivity contribution in [3.05, 3.63) is 0 Å². The summed E-state index contributed by atoms with van der Waals surface area (Å²) in [6, 6.07) is 0.965. The van der Waals surface area contributed by atoms with Crippen molar-refractivity contribution in [3.8, 4) is 0 Å². The SMILES string of the molecule is CC1CCC(N2CCCC2)C1. The minimum Gasteiger partial charge on any atom is -0.300 e. The highest BCUT2D eigenvalue weighted by atomic mass is 15.2. The fourth-order valence-electron chi connectivity index (χ4n) is 2.62. The molecule has 1 saturated carbocycles. The maximum atomic E-state index is 2.71. The van der Waals surface area contributed by atoms with Crippen molar-refractivity contribution in [1.82, 2.24) is 4.90 Å². The maximum absolute atomic E-state index is 2.71. The zero-order chi connectivity index (χ0) is 7.68. The summed E-state index contributed by atoms with van der Waals surface area (Å²) in [4.78, 5) is 2.71. The van der Waals surface area contributed by atoms with Crippen LogP contribution in [0.2, 0.25) is 0 Å². The molecular formula is C10H19N. The molecule has 0 bridgehead atoms. The topological polar surface area (TPSA) is 3.24 Å². The van der Waals surface area contributed by atoms with E-state index in [9.17, 15) is 0 Å². The molecule has 1 aliphatic heterocycles. The Labute approximate surface area is 69.8 Å². The average molecular weight is 153 g/mol. The van der Waals surface area contributed by atoms with Gasteiger partial charge in [0.2, 0.25) is 0 Å². The smallest absolute Gasteiger partial charge is 0.00978 e. The molecule has 0 aromatic carbocycles. The van der Waals surface area contributed by atoms with E-state index in [1.807, 2.05) is 0 Å². The van der Waals surface area contributed by atoms with Crippen LogP contribution in [-0.4, -0.2) is 24.0 Å². The van der Waals surface area contributed by atoms with Gasteiger partial charge < -0.3 is 4.90 Å². The third-order valence-electron chi connectivity index (χ3n) is 3.32. The van der Waals surface area contributed by atoms with Gasteiger partial charge in [0.1, 0.15) is 0 Å². The van der Waals surface area contributed by atoms with E-state index in [4.69, 9.17) is 0 Å². The summed E-state index contributed by atoms with van der Waals surface area (Å²) in [5.74, 6) is 1.00. The molecule has 2 fully saturated rings. The molecule has 0 aromatic heterocycles. The van der Waals surface area contributed by atoms with Crippen LogP contribution >= 0.6 is 0 Å². The van der Waals surface area contributed by atoms with Crippen molar-refractivity contribution in [1.29, 1.82) is 0 Å². The van der Waals surface area contributed by atoms with Crippen LogP contribution in [0.1, 0.15) is 39.0 Å². The van der Waals surface area contributed by atoms with E-state index in [1.54, 1.807) is 0 Å². The molecule has 2 rings (SSSR count). The molecule has 1 heteroatoms. The fraction of sp³-hybridized carbons (Fsp3) is 1.00. The average Bonchev–Trinajstić information content (AvgIpc) is 2.55. The molecule has 2 unspecified atom stereocenters. The van der Waals surface area contributed by atoms with Gasteiger partial charge in [-0.2, -0.15) is 0 Å². The molecule has 2 atom stereocenters. The molecule has 0 N–H and O–H groups in total. The van der Waals surface area contributed by atoms with Gasteiger partial charge in [-0.3, -0.25) is 0 Å². The highest BCUT2D eigenvalue weighted by Crippen LogP contribution is 2.30. The van der Waals surface area contributed by atoms with Crippen molar-refractivity contribution in [3.63, 3.8) is 0 Å². The first-order chi connectivity index (χ1) is 5.36. The first kappa shape index (κ1) is 7.60. The Bertz CT molecular complexity index is 127. The Morgan fingerprint density at radius 3 is 2.36 bits per heavy atom. The van der Waals surface area contributed by atoms with E-state index in [-0.39, 0.29) is 0 Å². The summed E-state index contributed by atoms with van der Waals surface area (Å²) < 4.78 is 0. The Morgan fingerprint density at radius 1 is 1.09 bits per heavy atom. The van der Waals surface area contributed by atoms with Crippen molar-refractivity contribution in [2.24, 2.45) is 5.92 Å². The van der Waals surface area contributed by atoms with Crippen LogP contribution in [-0.2, 0) is 0 Å². The molecule has 0 aromatic rings. The number of likely N-dealkylation sites (tertiary alicyclic amines) is 1. The number of rotatable bonds is 1. The summed E-state index contributed by atoms with van der Waals surface area (Å²) in [6.45, 7) is 5.17. The van der Waals surface area contributed by atoms with Crippen molar-refractivity contribution in [2.45, 2.75) is 45.1 Å². The largest absolute Gasteiger partial charge is 0.300 e. The van der Waals surface area contributed by atoms with E-state index >= 15 is 0 Å². The summed E-state index contributed by atoms with van der Waals surface area (Å²) in [5, 5.41) is 0. The van der Waals surface area contributed by atoms with Crippen LogP contribution in [0.15, 0.2) is 0 Å². The van der Waals surface area contributed by atoms with Gasteiger partial charge in [-0.15, -0.1) is 0 Å². The Hall–Kier alpha value is -0.0400. The van der Waals surface area contributed by atoms with Crippen LogP contribution < -0.4 is 0 Å². The third-order valence-corrected chi connectivity index (χ3v) is 3.32. The first-order valence-corrected chi connectivity index (χ1v) is 5.10. The first-order valence-electron chi connectivity index (χ1n) is 5.10. The van der Waals surface area contributed by atoms with E-state index in [1.165, 1.54) is 45.2 Å². The summed E-state index contributed by atoms with van der Waals surface area (Å²) in [5.41, 5.74) is 0. The van der Waals surface area contributed by atoms with Crippen LogP contribution in [0.25, 0.3) is 0 Å². The highest BCUT2D eigenvalue weighted by Gasteiger charge is 2.27. The molecular weight excluding hydrogens is 134 g/mol. The second-order valence-corrected chi connectivity index (χ2v) is 4.32. The summed E-state index contributed by atoms with van der Waals surface area (Å²) in [7, 11) is 0. The molecule has 0 radical (unpaired) electrons. The standard InChI is InChI=1S/C10H19N/c1-9-4-5-10(8-9)11-6-2-3-7-11/h9-10H,2-8H2,1H3. The van der Waals surface area contributed by atoms with E-state index in [0.717, 1.165) is 12.0 Å². The lowest BCUT2D eigenvalue weighted by molar-refractivity contribution is 0.242. The normalized spacial score (nSPS) is 40.1.